The number of carbonyl (C=O) groups is 1. The maximum Gasteiger partial charge on any atom is 0.252 e. The van der Waals surface area contributed by atoms with E-state index in [4.69, 9.17) is 5.73 Å². The number of carbonyl (C=O) groups excluding carboxylic acids is 1. The summed E-state index contributed by atoms with van der Waals surface area (Å²) in [6, 6.07) is 11.0. The molecule has 0 unspecified atom stereocenters. The molecule has 0 radical (unpaired) electrons. The molecule has 0 saturated heterocycles. The average molecular weight is 395 g/mol. The van der Waals surface area contributed by atoms with Crippen LogP contribution in [0.2, 0.25) is 0 Å². The van der Waals surface area contributed by atoms with Crippen LogP contribution in [0.25, 0.3) is 11.3 Å². The standard InChI is InChI=1S/C21H22N4O2S/c1-4-23-21-25(24-11-16-9-13(2)5-6-14(16)3)18(12-28-21)15-7-8-19(26)17(10-15)20(22)27/h5-12,26H,4H2,1-3H3,(H2,22,27)/b23-21?,24-11-. The van der Waals surface area contributed by atoms with Gasteiger partial charge < -0.3 is 10.8 Å². The number of aromatic hydroxyl groups is 1. The molecule has 1 amide bonds. The topological polar surface area (TPSA) is 93.0 Å². The first-order chi connectivity index (χ1) is 13.4. The second-order valence-corrected chi connectivity index (χ2v) is 7.23. The minimum Gasteiger partial charge on any atom is -0.507 e. The van der Waals surface area contributed by atoms with Gasteiger partial charge in [0, 0.05) is 17.5 Å². The Morgan fingerprint density at radius 1 is 1.25 bits per heavy atom. The van der Waals surface area contributed by atoms with E-state index in [2.05, 4.69) is 28.3 Å². The molecule has 0 saturated carbocycles. The van der Waals surface area contributed by atoms with Crippen LogP contribution >= 0.6 is 11.3 Å². The Morgan fingerprint density at radius 2 is 2.04 bits per heavy atom. The Balaban J connectivity index is 2.14. The Hall–Kier alpha value is -3.19. The van der Waals surface area contributed by atoms with Crippen molar-refractivity contribution in [2.45, 2.75) is 20.8 Å². The quantitative estimate of drug-likeness (QED) is 0.649. The van der Waals surface area contributed by atoms with Crippen molar-refractivity contribution in [3.63, 3.8) is 0 Å². The number of amides is 1. The predicted octanol–water partition coefficient (Wildman–Crippen LogP) is 3.44. The molecular formula is C21H22N4O2S. The van der Waals surface area contributed by atoms with E-state index in [1.807, 2.05) is 32.4 Å². The van der Waals surface area contributed by atoms with E-state index >= 15 is 0 Å². The van der Waals surface area contributed by atoms with Gasteiger partial charge in [0.15, 0.2) is 0 Å². The van der Waals surface area contributed by atoms with E-state index in [-0.39, 0.29) is 11.3 Å². The van der Waals surface area contributed by atoms with E-state index < -0.39 is 5.91 Å². The Kier molecular flexibility index (Phi) is 5.75. The molecule has 2 aromatic carbocycles. The SMILES string of the molecule is CCN=c1scc(-c2ccc(O)c(C(N)=O)c2)n1/N=C\c1cc(C)ccc1C. The first kappa shape index (κ1) is 19.6. The van der Waals surface area contributed by atoms with Gasteiger partial charge in [0.1, 0.15) is 5.75 Å². The van der Waals surface area contributed by atoms with Crippen LogP contribution in [0.4, 0.5) is 0 Å². The number of rotatable bonds is 5. The third kappa shape index (κ3) is 4.04. The van der Waals surface area contributed by atoms with Crippen molar-refractivity contribution in [1.29, 1.82) is 0 Å². The van der Waals surface area contributed by atoms with E-state index in [0.29, 0.717) is 6.54 Å². The van der Waals surface area contributed by atoms with Crippen LogP contribution in [-0.4, -0.2) is 28.4 Å². The summed E-state index contributed by atoms with van der Waals surface area (Å²) in [5.74, 6) is -0.825. The van der Waals surface area contributed by atoms with Crippen molar-refractivity contribution in [3.8, 4) is 17.0 Å². The zero-order valence-corrected chi connectivity index (χ0v) is 16.8. The van der Waals surface area contributed by atoms with Crippen LogP contribution in [0.15, 0.2) is 51.9 Å². The Morgan fingerprint density at radius 3 is 2.75 bits per heavy atom. The molecule has 1 aromatic heterocycles. The molecule has 0 fully saturated rings. The molecule has 3 N–H and O–H groups in total. The predicted molar refractivity (Wildman–Crippen MR) is 113 cm³/mol. The first-order valence-electron chi connectivity index (χ1n) is 8.86. The summed E-state index contributed by atoms with van der Waals surface area (Å²) in [7, 11) is 0. The van der Waals surface area contributed by atoms with Crippen molar-refractivity contribution in [2.24, 2.45) is 15.8 Å². The molecule has 0 aliphatic carbocycles. The summed E-state index contributed by atoms with van der Waals surface area (Å²) in [5.41, 5.74) is 10.2. The molecule has 3 aromatic rings. The summed E-state index contributed by atoms with van der Waals surface area (Å²) in [6.07, 6.45) is 1.81. The average Bonchev–Trinajstić information content (AvgIpc) is 3.05. The lowest BCUT2D eigenvalue weighted by Crippen LogP contribution is -2.13. The van der Waals surface area contributed by atoms with Gasteiger partial charge in [0.05, 0.1) is 17.5 Å². The van der Waals surface area contributed by atoms with Crippen LogP contribution < -0.4 is 10.5 Å². The van der Waals surface area contributed by atoms with Gasteiger partial charge in [0.2, 0.25) is 4.80 Å². The highest BCUT2D eigenvalue weighted by Crippen LogP contribution is 2.26. The fourth-order valence-corrected chi connectivity index (χ4v) is 3.67. The normalized spacial score (nSPS) is 12.0. The van der Waals surface area contributed by atoms with Crippen molar-refractivity contribution in [1.82, 2.24) is 4.68 Å². The monoisotopic (exact) mass is 394 g/mol. The molecular weight excluding hydrogens is 372 g/mol. The van der Waals surface area contributed by atoms with Crippen LogP contribution in [0.5, 0.6) is 5.75 Å². The van der Waals surface area contributed by atoms with Crippen LogP contribution in [-0.2, 0) is 0 Å². The Bertz CT molecular complexity index is 1130. The molecule has 0 spiro atoms. The van der Waals surface area contributed by atoms with Crippen LogP contribution in [0.3, 0.4) is 0 Å². The molecule has 0 bridgehead atoms. The molecule has 0 aliphatic rings. The van der Waals surface area contributed by atoms with E-state index in [0.717, 1.165) is 32.7 Å². The van der Waals surface area contributed by atoms with Gasteiger partial charge in [0.25, 0.3) is 5.91 Å². The van der Waals surface area contributed by atoms with Gasteiger partial charge in [-0.05, 0) is 50.1 Å². The van der Waals surface area contributed by atoms with Gasteiger partial charge >= 0.3 is 0 Å². The number of aryl methyl sites for hydroxylation is 2. The van der Waals surface area contributed by atoms with Crippen molar-refractivity contribution >= 4 is 23.5 Å². The number of phenols is 1. The summed E-state index contributed by atoms with van der Waals surface area (Å²) in [4.78, 5) is 16.8. The number of benzene rings is 2. The number of primary amides is 1. The van der Waals surface area contributed by atoms with Crippen molar-refractivity contribution < 1.29 is 9.90 Å². The second kappa shape index (κ2) is 8.22. The number of nitrogens with two attached hydrogens (primary N) is 1. The molecule has 1 heterocycles. The minimum absolute atomic E-state index is 0.0720. The maximum absolute atomic E-state index is 11.6. The van der Waals surface area contributed by atoms with Crippen LogP contribution in [0.1, 0.15) is 34.0 Å². The molecule has 6 nitrogen and oxygen atoms in total. The molecule has 0 atom stereocenters. The van der Waals surface area contributed by atoms with Gasteiger partial charge in [-0.2, -0.15) is 5.10 Å². The van der Waals surface area contributed by atoms with E-state index in [1.54, 1.807) is 16.8 Å². The molecule has 0 aliphatic heterocycles. The Labute approximate surface area is 167 Å². The minimum atomic E-state index is -0.682. The zero-order chi connectivity index (χ0) is 20.3. The lowest BCUT2D eigenvalue weighted by molar-refractivity contribution is 0.0998. The number of hydrogen-bond donors (Lipinski definition) is 2. The zero-order valence-electron chi connectivity index (χ0n) is 16.0. The van der Waals surface area contributed by atoms with Gasteiger partial charge in [-0.25, -0.2) is 4.68 Å². The third-order valence-corrected chi connectivity index (χ3v) is 5.14. The molecule has 7 heteroatoms. The van der Waals surface area contributed by atoms with Gasteiger partial charge in [-0.15, -0.1) is 11.3 Å². The van der Waals surface area contributed by atoms with Gasteiger partial charge in [-0.3, -0.25) is 9.79 Å². The fourth-order valence-electron chi connectivity index (χ4n) is 2.76. The highest BCUT2D eigenvalue weighted by Gasteiger charge is 2.13. The summed E-state index contributed by atoms with van der Waals surface area (Å²) < 4.78 is 1.74. The maximum atomic E-state index is 11.6. The lowest BCUT2D eigenvalue weighted by Gasteiger charge is -2.07. The van der Waals surface area contributed by atoms with E-state index in [9.17, 15) is 9.90 Å². The molecule has 28 heavy (non-hydrogen) atoms. The van der Waals surface area contributed by atoms with Gasteiger partial charge in [-0.1, -0.05) is 23.8 Å². The number of hydrogen-bond acceptors (Lipinski definition) is 5. The van der Waals surface area contributed by atoms with Crippen molar-refractivity contribution in [3.05, 3.63) is 68.8 Å². The van der Waals surface area contributed by atoms with E-state index in [1.165, 1.54) is 17.4 Å². The largest absolute Gasteiger partial charge is 0.507 e. The summed E-state index contributed by atoms with van der Waals surface area (Å²) >= 11 is 1.46. The number of thiazole rings is 1. The number of nitrogens with zero attached hydrogens (tertiary/aromatic N) is 3. The molecule has 3 rings (SSSR count). The summed E-state index contributed by atoms with van der Waals surface area (Å²) in [6.45, 7) is 6.67. The third-order valence-electron chi connectivity index (χ3n) is 4.28. The summed E-state index contributed by atoms with van der Waals surface area (Å²) in [5, 5.41) is 16.4. The van der Waals surface area contributed by atoms with Crippen LogP contribution in [0, 0.1) is 13.8 Å². The lowest BCUT2D eigenvalue weighted by atomic mass is 10.1. The number of aromatic nitrogens is 1. The smallest absolute Gasteiger partial charge is 0.252 e. The first-order valence-corrected chi connectivity index (χ1v) is 9.74. The highest BCUT2D eigenvalue weighted by molar-refractivity contribution is 7.07. The van der Waals surface area contributed by atoms with Crippen molar-refractivity contribution in [2.75, 3.05) is 6.54 Å². The highest BCUT2D eigenvalue weighted by atomic mass is 32.1. The molecule has 144 valence electrons. The fraction of sp³-hybridized carbons (Fsp3) is 0.190. The second-order valence-electron chi connectivity index (χ2n) is 6.39.